The van der Waals surface area contributed by atoms with Crippen molar-refractivity contribution in [2.24, 2.45) is 0 Å². The molecule has 26 heavy (non-hydrogen) atoms. The summed E-state index contributed by atoms with van der Waals surface area (Å²) < 4.78 is 10.5. The molecule has 1 aromatic carbocycles. The number of pyridine rings is 1. The van der Waals surface area contributed by atoms with Gasteiger partial charge in [0.1, 0.15) is 0 Å². The number of benzene rings is 1. The second-order valence-corrected chi connectivity index (χ2v) is 6.58. The second-order valence-electron chi connectivity index (χ2n) is 5.63. The summed E-state index contributed by atoms with van der Waals surface area (Å²) in [7, 11) is 3.17. The molecule has 0 atom stereocenters. The summed E-state index contributed by atoms with van der Waals surface area (Å²) in [5.74, 6) is 1.20. The van der Waals surface area contributed by atoms with E-state index in [-0.39, 0.29) is 12.3 Å². The Morgan fingerprint density at radius 3 is 2.69 bits per heavy atom. The van der Waals surface area contributed by atoms with Crippen LogP contribution in [0.4, 0.5) is 0 Å². The third-order valence-electron chi connectivity index (χ3n) is 3.93. The number of ether oxygens (including phenoxy) is 2. The predicted molar refractivity (Wildman–Crippen MR) is 103 cm³/mol. The number of nitrogens with one attached hydrogen (secondary N) is 1. The van der Waals surface area contributed by atoms with Gasteiger partial charge >= 0.3 is 0 Å². The highest BCUT2D eigenvalue weighted by atomic mass is 32.1. The first kappa shape index (κ1) is 17.9. The van der Waals surface area contributed by atoms with Crippen LogP contribution < -0.4 is 14.8 Å². The van der Waals surface area contributed by atoms with Crippen LogP contribution >= 0.6 is 11.3 Å². The lowest BCUT2D eigenvalue weighted by molar-refractivity contribution is -0.120. The SMILES string of the molecule is COc1ccc(CC(=O)NCc2cccnc2-c2cccs2)cc1OC. The summed E-state index contributed by atoms with van der Waals surface area (Å²) in [5.41, 5.74) is 2.77. The van der Waals surface area contributed by atoms with Crippen LogP contribution in [-0.2, 0) is 17.8 Å². The van der Waals surface area contributed by atoms with Gasteiger partial charge in [0.2, 0.25) is 5.91 Å². The molecular weight excluding hydrogens is 348 g/mol. The minimum Gasteiger partial charge on any atom is -0.493 e. The number of carbonyl (C=O) groups excluding carboxylic acids is 1. The highest BCUT2D eigenvalue weighted by molar-refractivity contribution is 7.13. The van der Waals surface area contributed by atoms with Crippen LogP contribution in [0.5, 0.6) is 11.5 Å². The highest BCUT2D eigenvalue weighted by Gasteiger charge is 2.11. The van der Waals surface area contributed by atoms with Gasteiger partial charge in [-0.1, -0.05) is 18.2 Å². The van der Waals surface area contributed by atoms with Crippen molar-refractivity contribution in [1.29, 1.82) is 0 Å². The van der Waals surface area contributed by atoms with Crippen LogP contribution in [-0.4, -0.2) is 25.1 Å². The Balaban J connectivity index is 1.65. The average Bonchev–Trinajstić information content (AvgIpc) is 3.21. The van der Waals surface area contributed by atoms with E-state index in [0.717, 1.165) is 21.7 Å². The van der Waals surface area contributed by atoms with Gasteiger partial charge in [0.15, 0.2) is 11.5 Å². The van der Waals surface area contributed by atoms with Crippen LogP contribution in [0.3, 0.4) is 0 Å². The van der Waals surface area contributed by atoms with Gasteiger partial charge in [0, 0.05) is 12.7 Å². The van der Waals surface area contributed by atoms with Gasteiger partial charge < -0.3 is 14.8 Å². The van der Waals surface area contributed by atoms with Crippen LogP contribution in [0.2, 0.25) is 0 Å². The molecule has 0 aliphatic rings. The molecule has 1 N–H and O–H groups in total. The Morgan fingerprint density at radius 1 is 1.12 bits per heavy atom. The van der Waals surface area contributed by atoms with Crippen molar-refractivity contribution in [3.05, 3.63) is 65.2 Å². The molecule has 0 radical (unpaired) electrons. The average molecular weight is 368 g/mol. The predicted octanol–water partition coefficient (Wildman–Crippen LogP) is 3.69. The smallest absolute Gasteiger partial charge is 0.224 e. The number of aromatic nitrogens is 1. The number of thiophene rings is 1. The Bertz CT molecular complexity index is 879. The van der Waals surface area contributed by atoms with E-state index < -0.39 is 0 Å². The van der Waals surface area contributed by atoms with E-state index in [2.05, 4.69) is 10.3 Å². The van der Waals surface area contributed by atoms with Crippen LogP contribution in [0.1, 0.15) is 11.1 Å². The van der Waals surface area contributed by atoms with E-state index in [9.17, 15) is 4.79 Å². The number of amides is 1. The molecule has 0 saturated carbocycles. The Labute approximate surface area is 156 Å². The van der Waals surface area contributed by atoms with Crippen LogP contribution in [0.25, 0.3) is 10.6 Å². The van der Waals surface area contributed by atoms with Crippen molar-refractivity contribution < 1.29 is 14.3 Å². The van der Waals surface area contributed by atoms with Gasteiger partial charge in [0.25, 0.3) is 0 Å². The zero-order valence-electron chi connectivity index (χ0n) is 14.7. The largest absolute Gasteiger partial charge is 0.493 e. The summed E-state index contributed by atoms with van der Waals surface area (Å²) in [6.45, 7) is 0.438. The van der Waals surface area contributed by atoms with Crippen LogP contribution in [0.15, 0.2) is 54.0 Å². The summed E-state index contributed by atoms with van der Waals surface area (Å²) >= 11 is 1.63. The summed E-state index contributed by atoms with van der Waals surface area (Å²) in [6, 6.07) is 13.4. The zero-order valence-corrected chi connectivity index (χ0v) is 15.5. The van der Waals surface area contributed by atoms with E-state index in [4.69, 9.17) is 9.47 Å². The third-order valence-corrected chi connectivity index (χ3v) is 4.81. The first-order valence-corrected chi connectivity index (χ1v) is 9.04. The fourth-order valence-electron chi connectivity index (χ4n) is 2.65. The fraction of sp³-hybridized carbons (Fsp3) is 0.200. The lowest BCUT2D eigenvalue weighted by Crippen LogP contribution is -2.25. The Hall–Kier alpha value is -2.86. The molecule has 3 aromatic rings. The maximum atomic E-state index is 12.3. The second kappa shape index (κ2) is 8.49. The molecule has 134 valence electrons. The van der Waals surface area contributed by atoms with Crippen molar-refractivity contribution in [2.75, 3.05) is 14.2 Å². The molecule has 1 amide bonds. The van der Waals surface area contributed by atoms with E-state index >= 15 is 0 Å². The molecule has 6 heteroatoms. The molecule has 5 nitrogen and oxygen atoms in total. The molecule has 3 rings (SSSR count). The van der Waals surface area contributed by atoms with Gasteiger partial charge in [-0.15, -0.1) is 11.3 Å². The lowest BCUT2D eigenvalue weighted by atomic mass is 10.1. The van der Waals surface area contributed by atoms with Gasteiger partial charge in [-0.2, -0.15) is 0 Å². The topological polar surface area (TPSA) is 60.5 Å². The minimum absolute atomic E-state index is 0.0572. The number of nitrogens with zero attached hydrogens (tertiary/aromatic N) is 1. The van der Waals surface area contributed by atoms with Gasteiger partial charge in [0.05, 0.1) is 31.2 Å². The van der Waals surface area contributed by atoms with Crippen molar-refractivity contribution >= 4 is 17.2 Å². The van der Waals surface area contributed by atoms with Gasteiger partial charge in [-0.3, -0.25) is 9.78 Å². The van der Waals surface area contributed by atoms with Gasteiger partial charge in [-0.25, -0.2) is 0 Å². The fourth-order valence-corrected chi connectivity index (χ4v) is 3.41. The quantitative estimate of drug-likeness (QED) is 0.691. The molecule has 2 heterocycles. The molecule has 0 saturated heterocycles. The monoisotopic (exact) mass is 368 g/mol. The molecule has 0 bridgehead atoms. The normalized spacial score (nSPS) is 10.4. The van der Waals surface area contributed by atoms with Gasteiger partial charge in [-0.05, 0) is 40.8 Å². The van der Waals surface area contributed by atoms with Crippen molar-refractivity contribution in [3.8, 4) is 22.1 Å². The number of methoxy groups -OCH3 is 2. The molecular formula is C20H20N2O3S. The molecule has 0 spiro atoms. The van der Waals surface area contributed by atoms with E-state index in [0.29, 0.717) is 18.0 Å². The summed E-state index contributed by atoms with van der Waals surface area (Å²) in [4.78, 5) is 17.9. The van der Waals surface area contributed by atoms with E-state index in [1.54, 1.807) is 37.8 Å². The van der Waals surface area contributed by atoms with E-state index in [1.165, 1.54) is 0 Å². The standard InChI is InChI=1S/C20H20N2O3S/c1-24-16-8-7-14(11-17(16)25-2)12-19(23)22-13-15-5-3-9-21-20(15)18-6-4-10-26-18/h3-11H,12-13H2,1-2H3,(H,22,23). The molecule has 0 aliphatic heterocycles. The minimum atomic E-state index is -0.0572. The number of hydrogen-bond acceptors (Lipinski definition) is 5. The lowest BCUT2D eigenvalue weighted by Gasteiger charge is -2.11. The number of hydrogen-bond donors (Lipinski definition) is 1. The van der Waals surface area contributed by atoms with Crippen LogP contribution in [0, 0.1) is 0 Å². The first-order chi connectivity index (χ1) is 12.7. The number of carbonyl (C=O) groups is 1. The Kier molecular flexibility index (Phi) is 5.86. The molecule has 0 unspecified atom stereocenters. The third kappa shape index (κ3) is 4.21. The van der Waals surface area contributed by atoms with E-state index in [1.807, 2.05) is 41.8 Å². The zero-order chi connectivity index (χ0) is 18.4. The number of rotatable bonds is 7. The van der Waals surface area contributed by atoms with Crippen molar-refractivity contribution in [3.63, 3.8) is 0 Å². The maximum Gasteiger partial charge on any atom is 0.224 e. The molecule has 0 fully saturated rings. The Morgan fingerprint density at radius 2 is 1.96 bits per heavy atom. The maximum absolute atomic E-state index is 12.3. The molecule has 0 aliphatic carbocycles. The summed E-state index contributed by atoms with van der Waals surface area (Å²) in [5, 5.41) is 4.99. The summed E-state index contributed by atoms with van der Waals surface area (Å²) in [6.07, 6.45) is 2.04. The molecule has 2 aromatic heterocycles. The van der Waals surface area contributed by atoms with Crippen molar-refractivity contribution in [2.45, 2.75) is 13.0 Å². The highest BCUT2D eigenvalue weighted by Crippen LogP contribution is 2.28. The first-order valence-electron chi connectivity index (χ1n) is 8.16. The van der Waals surface area contributed by atoms with Crippen molar-refractivity contribution in [1.82, 2.24) is 10.3 Å².